The molecule has 6 spiro atoms. The van der Waals surface area contributed by atoms with E-state index in [1.54, 1.807) is 54.0 Å². The van der Waals surface area contributed by atoms with Crippen LogP contribution in [0.1, 0.15) is 265 Å². The number of hydrogen-bond donors (Lipinski definition) is 9. The minimum atomic E-state index is -3.52. The van der Waals surface area contributed by atoms with E-state index in [0.29, 0.717) is 137 Å². The Morgan fingerprint density at radius 1 is 0.265 bits per heavy atom. The van der Waals surface area contributed by atoms with Gasteiger partial charge in [-0.1, -0.05) is 27.7 Å². The second kappa shape index (κ2) is 41.2. The van der Waals surface area contributed by atoms with Crippen molar-refractivity contribution in [3.63, 3.8) is 0 Å². The summed E-state index contributed by atoms with van der Waals surface area (Å²) in [5, 5.41) is 87.6. The quantitative estimate of drug-likeness (QED) is 0.0293. The van der Waals surface area contributed by atoms with Crippen LogP contribution >= 0.6 is 141 Å². The van der Waals surface area contributed by atoms with Crippen LogP contribution in [0.25, 0.3) is 0 Å². The molecule has 18 atom stereocenters. The summed E-state index contributed by atoms with van der Waals surface area (Å²) in [6.07, 6.45) is 23.0. The zero-order valence-electron chi connectivity index (χ0n) is 88.0. The van der Waals surface area contributed by atoms with Crippen LogP contribution < -0.4 is 0 Å². The molecule has 0 aromatic heterocycles. The van der Waals surface area contributed by atoms with E-state index in [2.05, 4.69) is 27.7 Å². The van der Waals surface area contributed by atoms with Crippen molar-refractivity contribution in [2.24, 2.45) is 122 Å². The van der Waals surface area contributed by atoms with E-state index in [9.17, 15) is 110 Å². The smallest absolute Gasteiger partial charge is 0.377 e. The van der Waals surface area contributed by atoms with Gasteiger partial charge in [0, 0.05) is 97.6 Å². The summed E-state index contributed by atoms with van der Waals surface area (Å²) in [6, 6.07) is 0. The maximum Gasteiger partial charge on any atom is 0.377 e. The van der Waals surface area contributed by atoms with E-state index in [0.717, 1.165) is 156 Å². The third-order valence-corrected chi connectivity index (χ3v) is 65.1. The van der Waals surface area contributed by atoms with Crippen molar-refractivity contribution in [1.82, 2.24) is 0 Å². The third kappa shape index (κ3) is 21.3. The topological polar surface area (TPSA) is 340 Å². The van der Waals surface area contributed by atoms with Gasteiger partial charge in [0.05, 0.1) is 75.8 Å². The van der Waals surface area contributed by atoms with Crippen LogP contribution in [0.5, 0.6) is 0 Å². The van der Waals surface area contributed by atoms with Gasteiger partial charge in [-0.15, -0.1) is 141 Å². The number of carbonyl (C=O) groups is 6. The van der Waals surface area contributed by atoms with Crippen LogP contribution in [0.3, 0.4) is 0 Å². The van der Waals surface area contributed by atoms with Crippen LogP contribution in [0.4, 0.5) is 35.1 Å². The fraction of sp³-hybridized carbons (Fsp3) is 0.943. The van der Waals surface area contributed by atoms with Gasteiger partial charge < -0.3 is 74.4 Å². The molecule has 0 aromatic carbocycles. The number of alkyl halides is 8. The average Bonchev–Trinajstić information content (AvgIpc) is 1.42. The first kappa shape index (κ1) is 118. The van der Waals surface area contributed by atoms with Gasteiger partial charge in [0.15, 0.2) is 0 Å². The van der Waals surface area contributed by atoms with Crippen molar-refractivity contribution in [3.8, 4) is 0 Å². The molecule has 0 aromatic rings. The Kier molecular flexibility index (Phi) is 33.1. The van der Waals surface area contributed by atoms with Crippen LogP contribution in [-0.2, 0) is 57.2 Å². The second-order valence-corrected chi connectivity index (χ2v) is 70.3. The number of halogens is 8. The van der Waals surface area contributed by atoms with Crippen molar-refractivity contribution in [2.45, 2.75) is 373 Å². The monoisotopic (exact) mass is 2300 g/mol. The summed E-state index contributed by atoms with van der Waals surface area (Å²) in [4.78, 5) is 72.6. The Balaban J connectivity index is 0.000000121. The van der Waals surface area contributed by atoms with Gasteiger partial charge in [-0.25, -0.2) is 46.3 Å². The number of fused-ring (bicyclic) bond motifs is 2. The average molecular weight is 2310 g/mol. The van der Waals surface area contributed by atoms with Crippen molar-refractivity contribution in [1.29, 1.82) is 0 Å². The Morgan fingerprint density at radius 3 is 0.721 bits per heavy atom. The normalized spacial score (nSPS) is 42.8. The molecular weight excluding hydrogens is 2150 g/mol. The van der Waals surface area contributed by atoms with Crippen LogP contribution in [0.2, 0.25) is 0 Å². The highest BCUT2D eigenvalue weighted by atomic mass is 32.2. The van der Waals surface area contributed by atoms with Gasteiger partial charge in [-0.3, -0.25) is 0 Å². The molecule has 6 heterocycles. The Labute approximate surface area is 914 Å². The summed E-state index contributed by atoms with van der Waals surface area (Å²) < 4.78 is 144. The highest BCUT2D eigenvalue weighted by molar-refractivity contribution is 8.23. The van der Waals surface area contributed by atoms with Crippen molar-refractivity contribution in [2.75, 3.05) is 111 Å². The van der Waals surface area contributed by atoms with E-state index in [-0.39, 0.29) is 97.8 Å². The predicted molar refractivity (Wildman–Crippen MR) is 574 cm³/mol. The molecule has 28 aliphatic rings. The van der Waals surface area contributed by atoms with Gasteiger partial charge in [-0.05, 0) is 329 Å². The molecule has 6 saturated heterocycles. The summed E-state index contributed by atoms with van der Waals surface area (Å²) in [7, 11) is 0. The maximum atomic E-state index is 14.0. The molecule has 22 aliphatic carbocycles. The van der Waals surface area contributed by atoms with Crippen molar-refractivity contribution in [3.05, 3.63) is 0 Å². The molecule has 0 radical (unpaired) electrons. The summed E-state index contributed by atoms with van der Waals surface area (Å²) >= 11 is 22.1. The Morgan fingerprint density at radius 2 is 0.497 bits per heavy atom. The molecule has 6 aliphatic heterocycles. The van der Waals surface area contributed by atoms with Crippen LogP contribution in [0.15, 0.2) is 0 Å². The number of carbonyl (C=O) groups excluding carboxylic acids is 6. The number of hydrogen-bond acceptors (Lipinski definition) is 33. The number of aliphatic hydroxyl groups is 9. The highest BCUT2D eigenvalue weighted by Crippen LogP contribution is 2.81. The number of thioether (sulfide) groups is 12. The second-order valence-electron chi connectivity index (χ2n) is 52.7. The van der Waals surface area contributed by atoms with Gasteiger partial charge in [0.25, 0.3) is 0 Å². The molecular formula is C106H160F8O21S12. The third-order valence-electron chi connectivity index (χ3n) is 39.0. The standard InChI is InChI=1S/2C19H29FO4S2.C18H28F2O4S2.2C17H25FO3S2.C16H24F2O3S2/c2*1-16(2,20)15(23)24-18-5-12-3-13(6-18)19(14(4-12)7-18)25-10-17(8-21,9-22)11-26-19;1-14(2)11-5-12(14)18(25-9-17(7-21,8-22)10-26-18)15(3,6-11)24-13(23)16(4,19)20;2*1-15(2,18)14(20)21-16-5-10-3-11(6-16)17(12(4-10)7-16)22-9-13(8-19)23-17;1-13(2)9-5-11(13)16(22-8-10(7-19)23-16)14(3,6-9)21-12(20)15(4,17)18/h2*12-14,21-22H,3-11H2,1-2H3;11-12,21-22H,5-10H2,1-4H3;2*10-13,19H,3-9H2,1-2H3;9-11,19H,5-8H2,1-4H3. The molecule has 0 amide bonds. The molecule has 20 bridgehead atoms. The predicted octanol–water partition coefficient (Wildman–Crippen LogP) is 19.5. The van der Waals surface area contributed by atoms with Crippen molar-refractivity contribution < 1.29 is 138 Å². The molecule has 9 N–H and O–H groups in total. The lowest BCUT2D eigenvalue weighted by atomic mass is 9.45. The summed E-state index contributed by atoms with van der Waals surface area (Å²) in [5.41, 5.74) is -12.7. The van der Waals surface area contributed by atoms with Crippen molar-refractivity contribution >= 4 is 177 Å². The first-order valence-corrected chi connectivity index (χ1v) is 64.9. The van der Waals surface area contributed by atoms with Gasteiger partial charge in [0.2, 0.25) is 22.7 Å². The Bertz CT molecular complexity index is 4530. The molecule has 838 valence electrons. The molecule has 147 heavy (non-hydrogen) atoms. The van der Waals surface area contributed by atoms with E-state index in [1.807, 2.05) is 101 Å². The molecule has 28 fully saturated rings. The zero-order chi connectivity index (χ0) is 107. The van der Waals surface area contributed by atoms with E-state index in [1.165, 1.54) is 81.1 Å². The molecule has 18 unspecified atom stereocenters. The maximum absolute atomic E-state index is 14.0. The SMILES string of the molecule is CC(C)(F)C(=O)OC12CC3CC(C1)C1(SCC(CO)(CO)CS1)C(C3)C2.CC(C)(F)C(=O)OC12CC3CC(C1)C1(SCC(CO)(CO)CS1)C(C3)C2.CC(C)(F)C(=O)OC12CC3CC(C1)C1(SCC(CO)S1)C(C3)C2.CC(C)(F)C(=O)OC12CC3CC(C1)C1(SCC(CO)S1)C(C3)C2.CC(F)(F)C(=O)OC1(C)CC2CC(C2(C)C)C12SCC(CO)(CO)CS2.CC(F)(F)C(=O)OC1(C)CC2CC(C2(C)C)C12SCC(CO)S2. The van der Waals surface area contributed by atoms with Gasteiger partial charge >= 0.3 is 47.7 Å². The minimum Gasteiger partial charge on any atom is -0.457 e. The molecule has 21 nitrogen and oxygen atoms in total. The van der Waals surface area contributed by atoms with Crippen LogP contribution in [-0.4, -0.2) is 301 Å². The number of esters is 6. The van der Waals surface area contributed by atoms with E-state index < -0.39 is 128 Å². The highest BCUT2D eigenvalue weighted by Gasteiger charge is 2.78. The number of rotatable bonds is 21. The number of ether oxygens (including phenoxy) is 6. The minimum absolute atomic E-state index is 0.0185. The largest absolute Gasteiger partial charge is 0.457 e. The lowest BCUT2D eigenvalue weighted by Gasteiger charge is -2.71. The van der Waals surface area contributed by atoms with Crippen LogP contribution in [0, 0.1) is 122 Å². The van der Waals surface area contributed by atoms with Gasteiger partial charge in [0.1, 0.15) is 41.8 Å². The first-order valence-electron chi connectivity index (χ1n) is 53.4. The molecule has 41 heteroatoms. The van der Waals surface area contributed by atoms with Gasteiger partial charge in [-0.2, -0.15) is 17.6 Å². The molecule has 22 saturated carbocycles. The lowest BCUT2D eigenvalue weighted by Crippen LogP contribution is -2.72. The summed E-state index contributed by atoms with van der Waals surface area (Å²) in [5.74, 6) is 1.66. The Hall–Kier alpha value is 0.1000. The lowest BCUT2D eigenvalue weighted by molar-refractivity contribution is -0.213. The fourth-order valence-electron chi connectivity index (χ4n) is 31.2. The number of aliphatic hydroxyl groups excluding tert-OH is 9. The fourth-order valence-corrected chi connectivity index (χ4v) is 56.5. The molecule has 28 rings (SSSR count). The summed E-state index contributed by atoms with van der Waals surface area (Å²) in [6.45, 7) is 24.2. The zero-order valence-corrected chi connectivity index (χ0v) is 97.8. The first-order chi connectivity index (χ1) is 68.2. The van der Waals surface area contributed by atoms with E-state index in [4.69, 9.17) is 28.4 Å². The van der Waals surface area contributed by atoms with E-state index >= 15 is 0 Å².